The minimum atomic E-state index is -1.26. The average Bonchev–Trinajstić information content (AvgIpc) is 2.28. The van der Waals surface area contributed by atoms with Crippen molar-refractivity contribution >= 4 is 41.0 Å². The number of alkyl halides is 2. The van der Waals surface area contributed by atoms with E-state index < -0.39 is 16.8 Å². The Kier molecular flexibility index (Phi) is 4.52. The van der Waals surface area contributed by atoms with Crippen LogP contribution in [-0.2, 0) is 4.79 Å². The second-order valence-electron chi connectivity index (χ2n) is 2.84. The maximum atomic E-state index is 11.5. The zero-order valence-electron chi connectivity index (χ0n) is 8.35. The number of amides is 3. The van der Waals surface area contributed by atoms with Crippen LogP contribution < -0.4 is 5.32 Å². The van der Waals surface area contributed by atoms with Crippen LogP contribution in [0.1, 0.15) is 0 Å². The SMILES string of the molecule is CN(C(=O)Nc1ccccn1)C(=O)C(Cl)Cl. The van der Waals surface area contributed by atoms with Gasteiger partial charge in [-0.15, -0.1) is 0 Å². The number of nitrogens with one attached hydrogen (secondary N) is 1. The fourth-order valence-electron chi connectivity index (χ4n) is 0.877. The van der Waals surface area contributed by atoms with Crippen molar-refractivity contribution in [3.63, 3.8) is 0 Å². The molecular weight excluding hydrogens is 253 g/mol. The molecule has 86 valence electrons. The number of carbonyl (C=O) groups excluding carboxylic acids is 2. The first-order valence-electron chi connectivity index (χ1n) is 4.30. The van der Waals surface area contributed by atoms with Crippen LogP contribution in [0.2, 0.25) is 0 Å². The van der Waals surface area contributed by atoms with Gasteiger partial charge in [0.25, 0.3) is 5.91 Å². The van der Waals surface area contributed by atoms with E-state index in [0.717, 1.165) is 4.90 Å². The maximum absolute atomic E-state index is 11.5. The molecule has 16 heavy (non-hydrogen) atoms. The topological polar surface area (TPSA) is 62.3 Å². The minimum Gasteiger partial charge on any atom is -0.292 e. The Bertz CT molecular complexity index is 384. The molecule has 7 heteroatoms. The van der Waals surface area contributed by atoms with Crippen molar-refractivity contribution < 1.29 is 9.59 Å². The molecule has 0 aromatic carbocycles. The standard InChI is InChI=1S/C9H9Cl2N3O2/c1-14(8(15)7(10)11)9(16)13-6-4-2-3-5-12-6/h2-5,7H,1H3,(H,12,13,16). The lowest BCUT2D eigenvalue weighted by molar-refractivity contribution is -0.125. The first-order chi connectivity index (χ1) is 7.52. The third kappa shape index (κ3) is 3.36. The molecule has 0 bridgehead atoms. The summed E-state index contributed by atoms with van der Waals surface area (Å²) in [7, 11) is 1.28. The van der Waals surface area contributed by atoms with Crippen LogP contribution >= 0.6 is 23.2 Å². The third-order valence-electron chi connectivity index (χ3n) is 1.72. The molecule has 0 aliphatic carbocycles. The molecule has 1 rings (SSSR count). The zero-order valence-corrected chi connectivity index (χ0v) is 9.87. The van der Waals surface area contributed by atoms with Gasteiger partial charge < -0.3 is 0 Å². The summed E-state index contributed by atoms with van der Waals surface area (Å²) in [5.74, 6) is -0.357. The Hall–Kier alpha value is -1.33. The Morgan fingerprint density at radius 1 is 1.44 bits per heavy atom. The normalized spacial score (nSPS) is 10.0. The maximum Gasteiger partial charge on any atom is 0.329 e. The van der Waals surface area contributed by atoms with E-state index in [1.54, 1.807) is 18.2 Å². The van der Waals surface area contributed by atoms with Gasteiger partial charge in [-0.25, -0.2) is 9.78 Å². The number of hydrogen-bond donors (Lipinski definition) is 1. The predicted molar refractivity (Wildman–Crippen MR) is 61.5 cm³/mol. The van der Waals surface area contributed by atoms with Gasteiger partial charge in [-0.2, -0.15) is 0 Å². The van der Waals surface area contributed by atoms with Gasteiger partial charge in [0.1, 0.15) is 5.82 Å². The molecule has 1 heterocycles. The van der Waals surface area contributed by atoms with Crippen LogP contribution in [0.4, 0.5) is 10.6 Å². The molecule has 5 nitrogen and oxygen atoms in total. The van der Waals surface area contributed by atoms with Gasteiger partial charge >= 0.3 is 6.03 Å². The first-order valence-corrected chi connectivity index (χ1v) is 5.17. The lowest BCUT2D eigenvalue weighted by Gasteiger charge is -2.15. The summed E-state index contributed by atoms with van der Waals surface area (Å²) in [4.78, 5) is 26.1. The molecule has 1 N–H and O–H groups in total. The highest BCUT2D eigenvalue weighted by molar-refractivity contribution is 6.54. The van der Waals surface area contributed by atoms with Gasteiger partial charge in [0.15, 0.2) is 4.84 Å². The lowest BCUT2D eigenvalue weighted by atomic mass is 10.4. The smallest absolute Gasteiger partial charge is 0.292 e. The highest BCUT2D eigenvalue weighted by Crippen LogP contribution is 2.07. The molecule has 0 aliphatic heterocycles. The van der Waals surface area contributed by atoms with Gasteiger partial charge in [0, 0.05) is 13.2 Å². The molecule has 0 saturated heterocycles. The number of imide groups is 1. The number of nitrogens with zero attached hydrogens (tertiary/aromatic N) is 2. The van der Waals surface area contributed by atoms with Crippen LogP contribution in [0, 0.1) is 0 Å². The molecule has 0 atom stereocenters. The molecule has 1 aromatic rings. The molecular formula is C9H9Cl2N3O2. The molecule has 0 spiro atoms. The van der Waals surface area contributed by atoms with E-state index in [9.17, 15) is 9.59 Å². The second-order valence-corrected chi connectivity index (χ2v) is 3.94. The number of halogens is 2. The van der Waals surface area contributed by atoms with Gasteiger partial charge in [0.2, 0.25) is 0 Å². The van der Waals surface area contributed by atoms with E-state index in [0.29, 0.717) is 5.82 Å². The number of urea groups is 1. The van der Waals surface area contributed by atoms with Gasteiger partial charge in [-0.05, 0) is 12.1 Å². The highest BCUT2D eigenvalue weighted by Gasteiger charge is 2.22. The van der Waals surface area contributed by atoms with Crippen molar-refractivity contribution in [3.05, 3.63) is 24.4 Å². The number of aromatic nitrogens is 1. The van der Waals surface area contributed by atoms with E-state index in [2.05, 4.69) is 10.3 Å². The summed E-state index contributed by atoms with van der Waals surface area (Å²) in [6.07, 6.45) is 1.52. The highest BCUT2D eigenvalue weighted by atomic mass is 35.5. The summed E-state index contributed by atoms with van der Waals surface area (Å²) in [5.41, 5.74) is 0. The summed E-state index contributed by atoms with van der Waals surface area (Å²) >= 11 is 10.7. The molecule has 0 radical (unpaired) electrons. The summed E-state index contributed by atoms with van der Waals surface area (Å²) in [6, 6.07) is 4.36. The predicted octanol–water partition coefficient (Wildman–Crippen LogP) is 1.88. The molecule has 1 aromatic heterocycles. The Morgan fingerprint density at radius 2 is 2.12 bits per heavy atom. The monoisotopic (exact) mass is 261 g/mol. The lowest BCUT2D eigenvalue weighted by Crippen LogP contribution is -2.39. The van der Waals surface area contributed by atoms with Crippen LogP contribution in [0.15, 0.2) is 24.4 Å². The van der Waals surface area contributed by atoms with Crippen LogP contribution in [-0.4, -0.2) is 33.7 Å². The van der Waals surface area contributed by atoms with Crippen LogP contribution in [0.25, 0.3) is 0 Å². The molecule has 0 fully saturated rings. The van der Waals surface area contributed by atoms with Crippen molar-refractivity contribution in [2.24, 2.45) is 0 Å². The summed E-state index contributed by atoms with van der Waals surface area (Å²) < 4.78 is 0. The van der Waals surface area contributed by atoms with Crippen molar-refractivity contribution in [1.29, 1.82) is 0 Å². The van der Waals surface area contributed by atoms with E-state index in [1.807, 2.05) is 0 Å². The number of rotatable bonds is 2. The largest absolute Gasteiger partial charge is 0.329 e. The van der Waals surface area contributed by atoms with E-state index in [4.69, 9.17) is 23.2 Å². The Balaban J connectivity index is 2.63. The first kappa shape index (κ1) is 12.7. The minimum absolute atomic E-state index is 0.341. The number of carbonyl (C=O) groups is 2. The van der Waals surface area contributed by atoms with Gasteiger partial charge in [0.05, 0.1) is 0 Å². The second kappa shape index (κ2) is 5.67. The molecule has 0 aliphatic rings. The number of pyridine rings is 1. The summed E-state index contributed by atoms with van der Waals surface area (Å²) in [5, 5.41) is 2.42. The van der Waals surface area contributed by atoms with E-state index in [1.165, 1.54) is 13.2 Å². The van der Waals surface area contributed by atoms with E-state index >= 15 is 0 Å². The molecule has 0 unspecified atom stereocenters. The van der Waals surface area contributed by atoms with Crippen molar-refractivity contribution in [2.75, 3.05) is 12.4 Å². The fraction of sp³-hybridized carbons (Fsp3) is 0.222. The van der Waals surface area contributed by atoms with Gasteiger partial charge in [-0.3, -0.25) is 15.0 Å². The number of hydrogen-bond acceptors (Lipinski definition) is 3. The van der Waals surface area contributed by atoms with Crippen molar-refractivity contribution in [2.45, 2.75) is 4.84 Å². The van der Waals surface area contributed by atoms with Crippen molar-refractivity contribution in [3.8, 4) is 0 Å². The number of anilines is 1. The molecule has 0 saturated carbocycles. The Labute approximate surface area is 102 Å². The van der Waals surface area contributed by atoms with E-state index in [-0.39, 0.29) is 0 Å². The van der Waals surface area contributed by atoms with Gasteiger partial charge in [-0.1, -0.05) is 29.3 Å². The third-order valence-corrected chi connectivity index (χ3v) is 2.10. The molecule has 3 amide bonds. The Morgan fingerprint density at radius 3 is 2.62 bits per heavy atom. The van der Waals surface area contributed by atoms with Crippen LogP contribution in [0.5, 0.6) is 0 Å². The quantitative estimate of drug-likeness (QED) is 0.827. The zero-order chi connectivity index (χ0) is 12.1. The van der Waals surface area contributed by atoms with Crippen molar-refractivity contribution in [1.82, 2.24) is 9.88 Å². The fourth-order valence-corrected chi connectivity index (χ4v) is 1.17. The van der Waals surface area contributed by atoms with Crippen LogP contribution in [0.3, 0.4) is 0 Å². The average molecular weight is 262 g/mol. The summed E-state index contributed by atoms with van der Waals surface area (Å²) in [6.45, 7) is 0.